The van der Waals surface area contributed by atoms with Gasteiger partial charge in [0.1, 0.15) is 10.6 Å². The Hall–Kier alpha value is -0.470. The molecule has 0 radical (unpaired) electrons. The molecule has 2 nitrogen and oxygen atoms in total. The molecule has 0 aliphatic rings. The first-order valence-electron chi connectivity index (χ1n) is 3.98. The fraction of sp³-hybridized carbons (Fsp3) is 0.375. The van der Waals surface area contributed by atoms with Gasteiger partial charge in [-0.25, -0.2) is 4.98 Å². The Balaban J connectivity index is 0.00000256. The molecule has 0 fully saturated rings. The van der Waals surface area contributed by atoms with Crippen molar-refractivity contribution in [2.45, 2.75) is 18.1 Å². The zero-order valence-electron chi connectivity index (χ0n) is 8.01. The van der Waals surface area contributed by atoms with E-state index in [1.54, 1.807) is 0 Å². The standard InChI is InChI=1S/C8H6BrF5N2.ClH/c9-6-4(2-1-3-16-6)5(15)7(10,11)8(12,13)14;/h1-3,5H,15H2;1H/t5-;/m1./s1. The fourth-order valence-electron chi connectivity index (χ4n) is 1.00. The second kappa shape index (κ2) is 5.45. The summed E-state index contributed by atoms with van der Waals surface area (Å²) in [5.74, 6) is -5.00. The Labute approximate surface area is 108 Å². The number of halogens is 7. The van der Waals surface area contributed by atoms with Gasteiger partial charge in [0.15, 0.2) is 0 Å². The molecule has 0 aliphatic carbocycles. The van der Waals surface area contributed by atoms with Gasteiger partial charge < -0.3 is 5.73 Å². The number of pyridine rings is 1. The van der Waals surface area contributed by atoms with E-state index in [0.717, 1.165) is 6.07 Å². The quantitative estimate of drug-likeness (QED) is 0.661. The van der Waals surface area contributed by atoms with Gasteiger partial charge in [0, 0.05) is 11.8 Å². The van der Waals surface area contributed by atoms with Crippen LogP contribution in [0.15, 0.2) is 22.9 Å². The third kappa shape index (κ3) is 3.26. The van der Waals surface area contributed by atoms with Crippen LogP contribution in [-0.4, -0.2) is 17.1 Å². The summed E-state index contributed by atoms with van der Waals surface area (Å²) in [7, 11) is 0. The Morgan fingerprint density at radius 3 is 2.18 bits per heavy atom. The third-order valence-electron chi connectivity index (χ3n) is 1.89. The summed E-state index contributed by atoms with van der Waals surface area (Å²) in [5, 5.41) is 0. The molecule has 1 rings (SSSR count). The van der Waals surface area contributed by atoms with Crippen LogP contribution in [0.2, 0.25) is 0 Å². The van der Waals surface area contributed by atoms with E-state index in [9.17, 15) is 22.0 Å². The van der Waals surface area contributed by atoms with Gasteiger partial charge in [-0.1, -0.05) is 6.07 Å². The van der Waals surface area contributed by atoms with Crippen LogP contribution < -0.4 is 5.73 Å². The minimum absolute atomic E-state index is 0. The van der Waals surface area contributed by atoms with Gasteiger partial charge in [-0.2, -0.15) is 22.0 Å². The summed E-state index contributed by atoms with van der Waals surface area (Å²) in [6.07, 6.45) is -4.45. The highest BCUT2D eigenvalue weighted by molar-refractivity contribution is 9.10. The predicted molar refractivity (Wildman–Crippen MR) is 57.1 cm³/mol. The number of alkyl halides is 5. The molecule has 0 aliphatic heterocycles. The van der Waals surface area contributed by atoms with Crippen molar-refractivity contribution in [3.8, 4) is 0 Å². The lowest BCUT2D eigenvalue weighted by molar-refractivity contribution is -0.291. The largest absolute Gasteiger partial charge is 0.455 e. The second-order valence-electron chi connectivity index (χ2n) is 2.98. The topological polar surface area (TPSA) is 38.9 Å². The van der Waals surface area contributed by atoms with Crippen molar-refractivity contribution < 1.29 is 22.0 Å². The van der Waals surface area contributed by atoms with E-state index < -0.39 is 23.7 Å². The van der Waals surface area contributed by atoms with Crippen molar-refractivity contribution in [2.75, 3.05) is 0 Å². The van der Waals surface area contributed by atoms with Gasteiger partial charge in [-0.05, 0) is 22.0 Å². The lowest BCUT2D eigenvalue weighted by Crippen LogP contribution is -2.46. The Morgan fingerprint density at radius 1 is 1.24 bits per heavy atom. The average molecular weight is 342 g/mol. The molecule has 0 spiro atoms. The number of aromatic nitrogens is 1. The predicted octanol–water partition coefficient (Wildman–Crippen LogP) is 3.46. The van der Waals surface area contributed by atoms with Gasteiger partial charge in [0.25, 0.3) is 0 Å². The van der Waals surface area contributed by atoms with Crippen LogP contribution in [0.25, 0.3) is 0 Å². The smallest absolute Gasteiger partial charge is 0.319 e. The molecule has 0 saturated carbocycles. The minimum Gasteiger partial charge on any atom is -0.319 e. The Bertz CT molecular complexity index is 384. The summed E-state index contributed by atoms with van der Waals surface area (Å²) in [5.41, 5.74) is 4.52. The van der Waals surface area contributed by atoms with E-state index >= 15 is 0 Å². The molecule has 1 aromatic rings. The van der Waals surface area contributed by atoms with Crippen LogP contribution in [0.1, 0.15) is 11.6 Å². The molecular formula is C8H7BrClF5N2. The summed E-state index contributed by atoms with van der Waals surface area (Å²) in [4.78, 5) is 3.53. The molecule has 17 heavy (non-hydrogen) atoms. The summed E-state index contributed by atoms with van der Waals surface area (Å²) in [6.45, 7) is 0. The first kappa shape index (κ1) is 16.5. The van der Waals surface area contributed by atoms with Crippen molar-refractivity contribution in [1.82, 2.24) is 4.98 Å². The third-order valence-corrected chi connectivity index (χ3v) is 2.55. The van der Waals surface area contributed by atoms with E-state index in [4.69, 9.17) is 5.73 Å². The molecule has 1 atom stereocenters. The highest BCUT2D eigenvalue weighted by Gasteiger charge is 2.62. The van der Waals surface area contributed by atoms with Crippen molar-refractivity contribution in [2.24, 2.45) is 5.73 Å². The number of hydrogen-bond donors (Lipinski definition) is 1. The molecule has 9 heteroatoms. The van der Waals surface area contributed by atoms with Gasteiger partial charge in [0.2, 0.25) is 0 Å². The minimum atomic E-state index is -5.69. The molecule has 0 amide bonds. The van der Waals surface area contributed by atoms with Crippen molar-refractivity contribution in [3.63, 3.8) is 0 Å². The molecule has 0 saturated heterocycles. The Kier molecular flexibility index (Phi) is 5.30. The SMILES string of the molecule is Cl.N[C@H](c1cccnc1Br)C(F)(F)C(F)(F)F. The van der Waals surface area contributed by atoms with Crippen molar-refractivity contribution in [1.29, 1.82) is 0 Å². The molecule has 98 valence electrons. The maximum absolute atomic E-state index is 12.9. The highest BCUT2D eigenvalue weighted by atomic mass is 79.9. The van der Waals surface area contributed by atoms with Crippen molar-refractivity contribution >= 4 is 28.3 Å². The van der Waals surface area contributed by atoms with Crippen LogP contribution in [-0.2, 0) is 0 Å². The number of nitrogens with two attached hydrogens (primary N) is 1. The molecule has 0 bridgehead atoms. The van der Waals surface area contributed by atoms with Gasteiger partial charge >= 0.3 is 12.1 Å². The molecule has 0 unspecified atom stereocenters. The lowest BCUT2D eigenvalue weighted by Gasteiger charge is -2.26. The highest BCUT2D eigenvalue weighted by Crippen LogP contribution is 2.44. The van der Waals surface area contributed by atoms with E-state index in [0.29, 0.717) is 0 Å². The Morgan fingerprint density at radius 2 is 1.76 bits per heavy atom. The summed E-state index contributed by atoms with van der Waals surface area (Å²) in [6, 6.07) is -0.205. The maximum Gasteiger partial charge on any atom is 0.455 e. The van der Waals surface area contributed by atoms with Gasteiger partial charge in [-0.15, -0.1) is 12.4 Å². The van der Waals surface area contributed by atoms with Crippen LogP contribution in [0.3, 0.4) is 0 Å². The van der Waals surface area contributed by atoms with Crippen LogP contribution in [0.4, 0.5) is 22.0 Å². The van der Waals surface area contributed by atoms with E-state index in [2.05, 4.69) is 20.9 Å². The normalized spacial score (nSPS) is 14.1. The van der Waals surface area contributed by atoms with Crippen LogP contribution in [0.5, 0.6) is 0 Å². The average Bonchev–Trinajstić information content (AvgIpc) is 2.15. The van der Waals surface area contributed by atoms with E-state index in [-0.39, 0.29) is 17.0 Å². The first-order valence-corrected chi connectivity index (χ1v) is 4.77. The van der Waals surface area contributed by atoms with Gasteiger partial charge in [0.05, 0.1) is 0 Å². The number of hydrogen-bond acceptors (Lipinski definition) is 2. The number of nitrogens with zero attached hydrogens (tertiary/aromatic N) is 1. The number of rotatable bonds is 2. The zero-order valence-corrected chi connectivity index (χ0v) is 10.4. The van der Waals surface area contributed by atoms with E-state index in [1.807, 2.05) is 0 Å². The fourth-order valence-corrected chi connectivity index (χ4v) is 1.50. The lowest BCUT2D eigenvalue weighted by atomic mass is 10.0. The molecule has 0 aromatic carbocycles. The summed E-state index contributed by atoms with van der Waals surface area (Å²) < 4.78 is 61.8. The molecule has 2 N–H and O–H groups in total. The van der Waals surface area contributed by atoms with Gasteiger partial charge in [-0.3, -0.25) is 0 Å². The second-order valence-corrected chi connectivity index (χ2v) is 3.73. The molecule has 1 aromatic heterocycles. The van der Waals surface area contributed by atoms with Crippen LogP contribution in [0, 0.1) is 0 Å². The monoisotopic (exact) mass is 340 g/mol. The summed E-state index contributed by atoms with van der Waals surface area (Å²) >= 11 is 2.76. The first-order chi connectivity index (χ1) is 7.18. The maximum atomic E-state index is 12.9. The molecular weight excluding hydrogens is 334 g/mol. The van der Waals surface area contributed by atoms with Crippen molar-refractivity contribution in [3.05, 3.63) is 28.5 Å². The zero-order chi connectivity index (χ0) is 12.6. The van der Waals surface area contributed by atoms with E-state index in [1.165, 1.54) is 12.3 Å². The van der Waals surface area contributed by atoms with Crippen LogP contribution >= 0.6 is 28.3 Å². The molecule has 1 heterocycles.